The summed E-state index contributed by atoms with van der Waals surface area (Å²) >= 11 is 5.95. The molecule has 0 aliphatic heterocycles. The minimum Gasteiger partial charge on any atom is -0.299 e. The molecule has 5 heteroatoms. The van der Waals surface area contributed by atoms with E-state index in [-0.39, 0.29) is 11.7 Å². The lowest BCUT2D eigenvalue weighted by atomic mass is 10.1. The van der Waals surface area contributed by atoms with Crippen LogP contribution in [0.3, 0.4) is 0 Å². The van der Waals surface area contributed by atoms with Crippen molar-refractivity contribution in [3.05, 3.63) is 38.9 Å². The third-order valence-electron chi connectivity index (χ3n) is 2.43. The third-order valence-corrected chi connectivity index (χ3v) is 2.78. The number of halogens is 1. The van der Waals surface area contributed by atoms with Gasteiger partial charge in [0.1, 0.15) is 0 Å². The number of terminal acetylenes is 1. The molecule has 0 radical (unpaired) electrons. The number of nitrogens with zero attached hydrogens (tertiary/aromatic N) is 1. The first-order valence-corrected chi connectivity index (χ1v) is 5.59. The van der Waals surface area contributed by atoms with Gasteiger partial charge in [0.25, 0.3) is 5.69 Å². The summed E-state index contributed by atoms with van der Waals surface area (Å²) in [4.78, 5) is 10.4. The summed E-state index contributed by atoms with van der Waals surface area (Å²) in [5.74, 6) is 2.57. The molecule has 0 fully saturated rings. The van der Waals surface area contributed by atoms with E-state index in [2.05, 4.69) is 11.2 Å². The molecule has 1 aromatic rings. The van der Waals surface area contributed by atoms with Crippen molar-refractivity contribution in [2.75, 3.05) is 0 Å². The summed E-state index contributed by atoms with van der Waals surface area (Å²) in [6.07, 6.45) is 6.06. The zero-order chi connectivity index (χ0) is 12.8. The highest BCUT2D eigenvalue weighted by Gasteiger charge is 2.16. The summed E-state index contributed by atoms with van der Waals surface area (Å²) in [6, 6.07) is 4.51. The van der Waals surface area contributed by atoms with E-state index < -0.39 is 4.92 Å². The molecule has 0 amide bonds. The Labute approximate surface area is 105 Å². The molecule has 1 N–H and O–H groups in total. The quantitative estimate of drug-likeness (QED) is 0.498. The third kappa shape index (κ3) is 3.45. The van der Waals surface area contributed by atoms with Crippen LogP contribution in [0.25, 0.3) is 0 Å². The van der Waals surface area contributed by atoms with Gasteiger partial charge in [0, 0.05) is 12.6 Å². The van der Waals surface area contributed by atoms with Crippen LogP contribution >= 0.6 is 11.6 Å². The number of hydrogen-bond donors (Lipinski definition) is 1. The van der Waals surface area contributed by atoms with Crippen LogP contribution in [0.15, 0.2) is 18.2 Å². The van der Waals surface area contributed by atoms with Crippen molar-refractivity contribution < 1.29 is 4.92 Å². The van der Waals surface area contributed by atoms with Crippen molar-refractivity contribution in [1.82, 2.24) is 5.32 Å². The van der Waals surface area contributed by atoms with Crippen LogP contribution in [-0.4, -0.2) is 11.0 Å². The first kappa shape index (κ1) is 13.5. The SMILES string of the molecule is C#CC(CC)NCc1c(Cl)cccc1[N+](=O)[O-]. The Morgan fingerprint density at radius 1 is 1.65 bits per heavy atom. The lowest BCUT2D eigenvalue weighted by Crippen LogP contribution is -2.26. The molecule has 1 rings (SSSR count). The van der Waals surface area contributed by atoms with E-state index in [4.69, 9.17) is 18.0 Å². The second-order valence-electron chi connectivity index (χ2n) is 3.50. The Morgan fingerprint density at radius 3 is 2.88 bits per heavy atom. The molecule has 1 unspecified atom stereocenters. The van der Waals surface area contributed by atoms with Gasteiger partial charge < -0.3 is 0 Å². The number of nitro benzene ring substituents is 1. The van der Waals surface area contributed by atoms with Crippen molar-refractivity contribution in [3.8, 4) is 12.3 Å². The predicted molar refractivity (Wildman–Crippen MR) is 67.9 cm³/mol. The Bertz CT molecular complexity index is 454. The summed E-state index contributed by atoms with van der Waals surface area (Å²) < 4.78 is 0. The summed E-state index contributed by atoms with van der Waals surface area (Å²) in [5, 5.41) is 14.3. The van der Waals surface area contributed by atoms with Gasteiger partial charge in [0.05, 0.1) is 21.6 Å². The van der Waals surface area contributed by atoms with Gasteiger partial charge >= 0.3 is 0 Å². The fraction of sp³-hybridized carbons (Fsp3) is 0.333. The minimum atomic E-state index is -0.445. The topological polar surface area (TPSA) is 55.2 Å². The first-order valence-electron chi connectivity index (χ1n) is 5.21. The van der Waals surface area contributed by atoms with Gasteiger partial charge in [-0.05, 0) is 12.5 Å². The molecule has 0 aromatic heterocycles. The maximum atomic E-state index is 10.8. The molecule has 0 heterocycles. The lowest BCUT2D eigenvalue weighted by molar-refractivity contribution is -0.385. The van der Waals surface area contributed by atoms with Crippen LogP contribution in [0.1, 0.15) is 18.9 Å². The van der Waals surface area contributed by atoms with Gasteiger partial charge in [-0.25, -0.2) is 0 Å². The number of nitrogens with one attached hydrogen (secondary N) is 1. The second kappa shape index (κ2) is 6.24. The number of benzene rings is 1. The van der Waals surface area contributed by atoms with Gasteiger partial charge in [-0.1, -0.05) is 30.5 Å². The molecular formula is C12H13ClN2O2. The molecular weight excluding hydrogens is 240 g/mol. The van der Waals surface area contributed by atoms with Crippen LogP contribution in [0, 0.1) is 22.5 Å². The molecule has 0 aliphatic rings. The highest BCUT2D eigenvalue weighted by molar-refractivity contribution is 6.31. The van der Waals surface area contributed by atoms with E-state index in [0.29, 0.717) is 17.1 Å². The molecule has 1 aromatic carbocycles. The number of nitro groups is 1. The summed E-state index contributed by atoms with van der Waals surface area (Å²) in [6.45, 7) is 2.23. The molecule has 4 nitrogen and oxygen atoms in total. The average molecular weight is 253 g/mol. The molecule has 0 aliphatic carbocycles. The second-order valence-corrected chi connectivity index (χ2v) is 3.91. The highest BCUT2D eigenvalue weighted by atomic mass is 35.5. The Kier molecular flexibility index (Phi) is 4.95. The molecule has 1 atom stereocenters. The van der Waals surface area contributed by atoms with Gasteiger partial charge in [-0.3, -0.25) is 15.4 Å². The predicted octanol–water partition coefficient (Wildman–Crippen LogP) is 2.75. The summed E-state index contributed by atoms with van der Waals surface area (Å²) in [5.41, 5.74) is 0.477. The number of rotatable bonds is 5. The summed E-state index contributed by atoms with van der Waals surface area (Å²) in [7, 11) is 0. The van der Waals surface area contributed by atoms with Crippen molar-refractivity contribution in [3.63, 3.8) is 0 Å². The maximum Gasteiger partial charge on any atom is 0.275 e. The zero-order valence-electron chi connectivity index (χ0n) is 9.44. The largest absolute Gasteiger partial charge is 0.299 e. The molecule has 0 saturated carbocycles. The van der Waals surface area contributed by atoms with Crippen LogP contribution < -0.4 is 5.32 Å². The molecule has 0 saturated heterocycles. The van der Waals surface area contributed by atoms with Crippen molar-refractivity contribution >= 4 is 17.3 Å². The first-order chi connectivity index (χ1) is 8.10. The van der Waals surface area contributed by atoms with Crippen molar-refractivity contribution in [2.45, 2.75) is 25.9 Å². The smallest absolute Gasteiger partial charge is 0.275 e. The van der Waals surface area contributed by atoms with Gasteiger partial charge in [0.15, 0.2) is 0 Å². The highest BCUT2D eigenvalue weighted by Crippen LogP contribution is 2.25. The van der Waals surface area contributed by atoms with E-state index in [0.717, 1.165) is 6.42 Å². The van der Waals surface area contributed by atoms with Crippen LogP contribution in [0.4, 0.5) is 5.69 Å². The van der Waals surface area contributed by atoms with Crippen molar-refractivity contribution in [1.29, 1.82) is 0 Å². The standard InChI is InChI=1S/C12H13ClN2O2/c1-3-9(4-2)14-8-10-11(13)6-5-7-12(10)15(16)17/h1,5-7,9,14H,4,8H2,2H3. The van der Waals surface area contributed by atoms with Crippen LogP contribution in [0.2, 0.25) is 5.02 Å². The Morgan fingerprint density at radius 2 is 2.35 bits per heavy atom. The van der Waals surface area contributed by atoms with Crippen LogP contribution in [-0.2, 0) is 6.54 Å². The zero-order valence-corrected chi connectivity index (χ0v) is 10.2. The molecule has 90 valence electrons. The van der Waals surface area contributed by atoms with Crippen LogP contribution in [0.5, 0.6) is 0 Å². The fourth-order valence-corrected chi connectivity index (χ4v) is 1.68. The van der Waals surface area contributed by atoms with E-state index in [1.807, 2.05) is 6.92 Å². The monoisotopic (exact) mass is 252 g/mol. The lowest BCUT2D eigenvalue weighted by Gasteiger charge is -2.11. The van der Waals surface area contributed by atoms with Gasteiger partial charge in [-0.15, -0.1) is 6.42 Å². The Balaban J connectivity index is 2.90. The normalized spacial score (nSPS) is 11.8. The van der Waals surface area contributed by atoms with Gasteiger partial charge in [0.2, 0.25) is 0 Å². The fourth-order valence-electron chi connectivity index (χ4n) is 1.44. The van der Waals surface area contributed by atoms with Gasteiger partial charge in [-0.2, -0.15) is 0 Å². The molecule has 0 bridgehead atoms. The van der Waals surface area contributed by atoms with Crippen molar-refractivity contribution in [2.24, 2.45) is 0 Å². The number of hydrogen-bond acceptors (Lipinski definition) is 3. The molecule has 0 spiro atoms. The maximum absolute atomic E-state index is 10.8. The van der Waals surface area contributed by atoms with E-state index in [1.54, 1.807) is 12.1 Å². The minimum absolute atomic E-state index is 0.0110. The van der Waals surface area contributed by atoms with E-state index >= 15 is 0 Å². The Hall–Kier alpha value is -1.57. The molecule has 17 heavy (non-hydrogen) atoms. The van der Waals surface area contributed by atoms with E-state index in [1.165, 1.54) is 6.07 Å². The van der Waals surface area contributed by atoms with E-state index in [9.17, 15) is 10.1 Å². The average Bonchev–Trinajstić information content (AvgIpc) is 2.31.